The van der Waals surface area contributed by atoms with Gasteiger partial charge in [0.05, 0.1) is 6.04 Å². The molecular formula is C22H28N2O3. The molecule has 2 aromatic carbocycles. The van der Waals surface area contributed by atoms with Crippen molar-refractivity contribution < 1.29 is 14.3 Å². The molecule has 1 amide bonds. The van der Waals surface area contributed by atoms with E-state index in [0.717, 1.165) is 30.8 Å². The number of rotatable bonds is 8. The summed E-state index contributed by atoms with van der Waals surface area (Å²) in [5, 5.41) is 3.04. The van der Waals surface area contributed by atoms with Crippen LogP contribution in [0.4, 0.5) is 4.79 Å². The van der Waals surface area contributed by atoms with E-state index in [0.29, 0.717) is 0 Å². The summed E-state index contributed by atoms with van der Waals surface area (Å²) in [5.74, 6) is 0. The Morgan fingerprint density at radius 2 is 1.67 bits per heavy atom. The zero-order valence-electron chi connectivity index (χ0n) is 15.8. The number of methoxy groups -OCH3 is 1. The van der Waals surface area contributed by atoms with Crippen molar-refractivity contribution >= 4 is 6.09 Å². The third-order valence-corrected chi connectivity index (χ3v) is 4.92. The maximum atomic E-state index is 12.4. The van der Waals surface area contributed by atoms with Crippen molar-refractivity contribution in [1.82, 2.24) is 10.2 Å². The Labute approximate surface area is 161 Å². The molecule has 0 bridgehead atoms. The second-order valence-electron chi connectivity index (χ2n) is 6.89. The molecule has 5 heteroatoms. The highest BCUT2D eigenvalue weighted by Gasteiger charge is 2.28. The van der Waals surface area contributed by atoms with Crippen LogP contribution in [0.15, 0.2) is 60.7 Å². The lowest BCUT2D eigenvalue weighted by atomic mass is 10.0. The molecule has 2 atom stereocenters. The van der Waals surface area contributed by atoms with Crippen molar-refractivity contribution in [3.05, 3.63) is 71.8 Å². The zero-order valence-corrected chi connectivity index (χ0v) is 15.8. The van der Waals surface area contributed by atoms with E-state index in [9.17, 15) is 4.79 Å². The number of alkyl carbamates (subject to hydrolysis) is 1. The predicted octanol–water partition coefficient (Wildman–Crippen LogP) is 3.76. The molecule has 0 radical (unpaired) electrons. The minimum absolute atomic E-state index is 0.182. The molecule has 0 unspecified atom stereocenters. The van der Waals surface area contributed by atoms with Crippen LogP contribution in [0, 0.1) is 0 Å². The van der Waals surface area contributed by atoms with Gasteiger partial charge in [-0.1, -0.05) is 60.7 Å². The molecular weight excluding hydrogens is 340 g/mol. The highest BCUT2D eigenvalue weighted by atomic mass is 16.5. The quantitative estimate of drug-likeness (QED) is 0.771. The molecule has 144 valence electrons. The molecule has 1 fully saturated rings. The number of hydrogen-bond donors (Lipinski definition) is 1. The van der Waals surface area contributed by atoms with E-state index in [1.807, 2.05) is 60.7 Å². The molecule has 2 aromatic rings. The first-order valence-electron chi connectivity index (χ1n) is 9.53. The van der Waals surface area contributed by atoms with Crippen LogP contribution < -0.4 is 5.32 Å². The van der Waals surface area contributed by atoms with Gasteiger partial charge in [0, 0.05) is 13.7 Å². The lowest BCUT2D eigenvalue weighted by Crippen LogP contribution is -2.47. The highest BCUT2D eigenvalue weighted by molar-refractivity contribution is 5.67. The smallest absolute Gasteiger partial charge is 0.407 e. The van der Waals surface area contributed by atoms with E-state index >= 15 is 0 Å². The first-order valence-corrected chi connectivity index (χ1v) is 9.53. The number of ether oxygens (including phenoxy) is 2. The first-order chi connectivity index (χ1) is 13.3. The third-order valence-electron chi connectivity index (χ3n) is 4.92. The van der Waals surface area contributed by atoms with Gasteiger partial charge in [0.2, 0.25) is 0 Å². The molecule has 0 saturated carbocycles. The summed E-state index contributed by atoms with van der Waals surface area (Å²) in [6.45, 7) is 3.12. The van der Waals surface area contributed by atoms with Gasteiger partial charge in [-0.3, -0.25) is 0 Å². The van der Waals surface area contributed by atoms with Crippen molar-refractivity contribution in [2.75, 3.05) is 26.7 Å². The molecule has 0 spiro atoms. The second-order valence-corrected chi connectivity index (χ2v) is 6.89. The van der Waals surface area contributed by atoms with E-state index in [1.165, 1.54) is 12.8 Å². The van der Waals surface area contributed by atoms with E-state index in [1.54, 1.807) is 7.11 Å². The van der Waals surface area contributed by atoms with Crippen molar-refractivity contribution in [1.29, 1.82) is 0 Å². The number of likely N-dealkylation sites (tertiary alicyclic amines) is 1. The summed E-state index contributed by atoms with van der Waals surface area (Å²) in [5.41, 5.74) is 2.02. The van der Waals surface area contributed by atoms with Crippen LogP contribution >= 0.6 is 0 Å². The summed E-state index contributed by atoms with van der Waals surface area (Å²) in [4.78, 5) is 14.8. The fourth-order valence-electron chi connectivity index (χ4n) is 3.55. The van der Waals surface area contributed by atoms with Gasteiger partial charge in [-0.05, 0) is 37.1 Å². The summed E-state index contributed by atoms with van der Waals surface area (Å²) in [6, 6.07) is 19.5. The monoisotopic (exact) mass is 368 g/mol. The Hall–Kier alpha value is -2.37. The van der Waals surface area contributed by atoms with Crippen molar-refractivity contribution in [3.63, 3.8) is 0 Å². The number of carbonyl (C=O) groups is 1. The molecule has 27 heavy (non-hydrogen) atoms. The number of carbonyl (C=O) groups excluding carboxylic acids is 1. The van der Waals surface area contributed by atoms with Gasteiger partial charge < -0.3 is 19.7 Å². The van der Waals surface area contributed by atoms with E-state index in [-0.39, 0.29) is 18.8 Å². The second kappa shape index (κ2) is 10.1. The van der Waals surface area contributed by atoms with Crippen LogP contribution in [0.3, 0.4) is 0 Å². The molecule has 1 aliphatic heterocycles. The van der Waals surface area contributed by atoms with Crippen molar-refractivity contribution in [3.8, 4) is 0 Å². The fraction of sp³-hybridized carbons (Fsp3) is 0.409. The van der Waals surface area contributed by atoms with Crippen LogP contribution in [0.2, 0.25) is 0 Å². The van der Waals surface area contributed by atoms with Crippen molar-refractivity contribution in [2.45, 2.75) is 31.6 Å². The molecule has 0 aliphatic carbocycles. The minimum Gasteiger partial charge on any atom is -0.445 e. The predicted molar refractivity (Wildman–Crippen MR) is 105 cm³/mol. The summed E-state index contributed by atoms with van der Waals surface area (Å²) in [7, 11) is 1.69. The van der Waals surface area contributed by atoms with Crippen LogP contribution in [0.25, 0.3) is 0 Å². The number of nitrogens with one attached hydrogen (secondary N) is 1. The van der Waals surface area contributed by atoms with Gasteiger partial charge in [0.25, 0.3) is 0 Å². The third kappa shape index (κ3) is 5.81. The Morgan fingerprint density at radius 3 is 2.30 bits per heavy atom. The first kappa shape index (κ1) is 19.4. The Kier molecular flexibility index (Phi) is 7.25. The SMILES string of the molecule is CO[C@H](c1ccccc1)[C@@H](CN1CCCC1)NC(=O)OCc1ccccc1. The van der Waals surface area contributed by atoms with Gasteiger partial charge in [-0.2, -0.15) is 0 Å². The Morgan fingerprint density at radius 1 is 1.04 bits per heavy atom. The number of benzene rings is 2. The lowest BCUT2D eigenvalue weighted by molar-refractivity contribution is 0.0503. The van der Waals surface area contributed by atoms with E-state index in [2.05, 4.69) is 10.2 Å². The molecule has 5 nitrogen and oxygen atoms in total. The van der Waals surface area contributed by atoms with E-state index in [4.69, 9.17) is 9.47 Å². The summed E-state index contributed by atoms with van der Waals surface area (Å²) < 4.78 is 11.2. The number of hydrogen-bond acceptors (Lipinski definition) is 4. The highest BCUT2D eigenvalue weighted by Crippen LogP contribution is 2.22. The molecule has 1 saturated heterocycles. The number of nitrogens with zero attached hydrogens (tertiary/aromatic N) is 1. The van der Waals surface area contributed by atoms with E-state index < -0.39 is 6.09 Å². The molecule has 1 heterocycles. The normalized spacial score (nSPS) is 16.6. The average Bonchev–Trinajstić information content (AvgIpc) is 3.22. The van der Waals surface area contributed by atoms with Crippen LogP contribution in [0.1, 0.15) is 30.1 Å². The summed E-state index contributed by atoms with van der Waals surface area (Å²) >= 11 is 0. The van der Waals surface area contributed by atoms with Gasteiger partial charge in [0.15, 0.2) is 0 Å². The Balaban J connectivity index is 1.65. The number of amides is 1. The van der Waals surface area contributed by atoms with Crippen LogP contribution in [-0.2, 0) is 16.1 Å². The summed E-state index contributed by atoms with van der Waals surface area (Å²) in [6.07, 6.45) is 1.76. The van der Waals surface area contributed by atoms with Crippen LogP contribution in [0.5, 0.6) is 0 Å². The lowest BCUT2D eigenvalue weighted by Gasteiger charge is -2.30. The largest absolute Gasteiger partial charge is 0.445 e. The standard InChI is InChI=1S/C22H28N2O3/c1-26-21(19-12-6-3-7-13-19)20(16-24-14-8-9-15-24)23-22(25)27-17-18-10-4-2-5-11-18/h2-7,10-13,20-21H,8-9,14-17H2,1H3,(H,23,25)/t20-,21-/m1/s1. The minimum atomic E-state index is -0.416. The Bertz CT molecular complexity index is 687. The molecule has 3 rings (SSSR count). The molecule has 1 aliphatic rings. The topological polar surface area (TPSA) is 50.8 Å². The van der Waals surface area contributed by atoms with Gasteiger partial charge >= 0.3 is 6.09 Å². The maximum Gasteiger partial charge on any atom is 0.407 e. The molecule has 1 N–H and O–H groups in total. The van der Waals surface area contributed by atoms with Crippen LogP contribution in [-0.4, -0.2) is 43.8 Å². The van der Waals surface area contributed by atoms with Gasteiger partial charge in [-0.25, -0.2) is 4.79 Å². The van der Waals surface area contributed by atoms with Crippen molar-refractivity contribution in [2.24, 2.45) is 0 Å². The van der Waals surface area contributed by atoms with Gasteiger partial charge in [-0.15, -0.1) is 0 Å². The zero-order chi connectivity index (χ0) is 18.9. The van der Waals surface area contributed by atoms with Gasteiger partial charge in [0.1, 0.15) is 12.7 Å². The maximum absolute atomic E-state index is 12.4. The fourth-order valence-corrected chi connectivity index (χ4v) is 3.55. The molecule has 0 aromatic heterocycles. The average molecular weight is 368 g/mol.